The molecule has 42 heavy (non-hydrogen) atoms. The predicted molar refractivity (Wildman–Crippen MR) is 161 cm³/mol. The van der Waals surface area contributed by atoms with Crippen molar-refractivity contribution in [3.8, 4) is 0 Å². The van der Waals surface area contributed by atoms with E-state index in [4.69, 9.17) is 0 Å². The monoisotopic (exact) mass is 591 g/mol. The van der Waals surface area contributed by atoms with Gasteiger partial charge in [-0.2, -0.15) is 0 Å². The average molecular weight is 592 g/mol. The van der Waals surface area contributed by atoms with Crippen molar-refractivity contribution in [1.29, 1.82) is 0 Å². The normalized spacial score (nSPS) is 17.7. The van der Waals surface area contributed by atoms with Crippen LogP contribution < -0.4 is 5.32 Å². The summed E-state index contributed by atoms with van der Waals surface area (Å²) in [7, 11) is 0. The van der Waals surface area contributed by atoms with Crippen LogP contribution in [0.25, 0.3) is 0 Å². The van der Waals surface area contributed by atoms with Crippen molar-refractivity contribution in [3.63, 3.8) is 0 Å². The van der Waals surface area contributed by atoms with Gasteiger partial charge in [0.1, 0.15) is 0 Å². The molecule has 0 radical (unpaired) electrons. The van der Waals surface area contributed by atoms with Crippen molar-refractivity contribution in [3.05, 3.63) is 29.3 Å². The molecule has 2 rings (SSSR count). The number of carbonyl (C=O) groups is 4. The largest absolute Gasteiger partial charge is 0.480 e. The molecule has 12 heteroatoms. The van der Waals surface area contributed by atoms with E-state index < -0.39 is 17.9 Å². The van der Waals surface area contributed by atoms with Gasteiger partial charge in [0.2, 0.25) is 5.91 Å². The van der Waals surface area contributed by atoms with E-state index >= 15 is 0 Å². The number of aliphatic carboxylic acids is 3. The summed E-state index contributed by atoms with van der Waals surface area (Å²) in [6, 6.07) is 6.19. The molecule has 1 fully saturated rings. The Balaban J connectivity index is 2.27. The Morgan fingerprint density at radius 2 is 0.976 bits per heavy atom. The highest BCUT2D eigenvalue weighted by molar-refractivity contribution is 5.93. The van der Waals surface area contributed by atoms with Gasteiger partial charge in [-0.1, -0.05) is 53.7 Å². The van der Waals surface area contributed by atoms with Gasteiger partial charge in [0.25, 0.3) is 0 Å². The van der Waals surface area contributed by atoms with Gasteiger partial charge in [0, 0.05) is 58.0 Å². The van der Waals surface area contributed by atoms with Crippen LogP contribution in [-0.2, 0) is 30.0 Å². The van der Waals surface area contributed by atoms with Gasteiger partial charge in [-0.05, 0) is 28.0 Å². The second-order valence-electron chi connectivity index (χ2n) is 13.1. The molecule has 0 spiro atoms. The third-order valence-corrected chi connectivity index (χ3v) is 7.34. The van der Waals surface area contributed by atoms with E-state index in [1.165, 1.54) is 0 Å². The number of benzene rings is 1. The molecule has 1 aliphatic rings. The molecule has 12 nitrogen and oxygen atoms in total. The SMILES string of the molecule is CC(C)(C)c1ccc(C(C)(C)C)c(NC(=O)CN2CCN(CC(=O)O)CCN(CC(=O)O)CCN(CC(=O)O)CC2)c1. The van der Waals surface area contributed by atoms with E-state index in [1.807, 2.05) is 11.0 Å². The van der Waals surface area contributed by atoms with E-state index in [0.29, 0.717) is 52.4 Å². The molecule has 1 amide bonds. The Labute approximate surface area is 249 Å². The number of anilines is 1. The number of carbonyl (C=O) groups excluding carboxylic acids is 1. The minimum atomic E-state index is -1.00. The predicted octanol–water partition coefficient (Wildman–Crippen LogP) is 1.70. The fraction of sp³-hybridized carbons (Fsp3) is 0.667. The maximum Gasteiger partial charge on any atom is 0.317 e. The molecule has 1 aliphatic heterocycles. The standard InChI is InChI=1S/C30H49N5O7/c1-29(2,3)22-7-8-23(30(4,5)6)24(17-22)31-25(36)18-32-9-11-33(19-26(37)38)13-15-35(21-28(41)42)16-14-34(12-10-32)20-27(39)40/h7-8,17H,9-16,18-21H2,1-6H3,(H,31,36)(H,37,38)(H,39,40)(H,41,42). The summed E-state index contributed by atoms with van der Waals surface area (Å²) in [6.07, 6.45) is 0. The lowest BCUT2D eigenvalue weighted by Crippen LogP contribution is -2.49. The number of nitrogens with zero attached hydrogens (tertiary/aromatic N) is 4. The highest BCUT2D eigenvalue weighted by Crippen LogP contribution is 2.34. The first-order chi connectivity index (χ1) is 19.4. The number of amides is 1. The summed E-state index contributed by atoms with van der Waals surface area (Å²) < 4.78 is 0. The number of carboxylic acids is 3. The Morgan fingerprint density at radius 3 is 1.29 bits per heavy atom. The average Bonchev–Trinajstić information content (AvgIpc) is 2.83. The van der Waals surface area contributed by atoms with Crippen molar-refractivity contribution in [1.82, 2.24) is 19.6 Å². The van der Waals surface area contributed by atoms with Crippen LogP contribution in [0.4, 0.5) is 5.69 Å². The first kappa shape index (κ1) is 35.1. The van der Waals surface area contributed by atoms with Crippen LogP contribution in [-0.4, -0.2) is 137 Å². The number of nitrogens with one attached hydrogen (secondary N) is 1. The Morgan fingerprint density at radius 1 is 0.619 bits per heavy atom. The van der Waals surface area contributed by atoms with Crippen molar-refractivity contribution in [2.24, 2.45) is 0 Å². The lowest BCUT2D eigenvalue weighted by Gasteiger charge is -2.33. The quantitative estimate of drug-likeness (QED) is 0.332. The molecule has 1 aromatic rings. The summed E-state index contributed by atoms with van der Waals surface area (Å²) in [6.45, 7) is 14.8. The van der Waals surface area contributed by atoms with Crippen LogP contribution in [0, 0.1) is 0 Å². The molecular weight excluding hydrogens is 542 g/mol. The first-order valence-corrected chi connectivity index (χ1v) is 14.4. The molecule has 236 valence electrons. The van der Waals surface area contributed by atoms with Crippen LogP contribution in [0.5, 0.6) is 0 Å². The van der Waals surface area contributed by atoms with Crippen molar-refractivity contribution >= 4 is 29.5 Å². The lowest BCUT2D eigenvalue weighted by molar-refractivity contribution is -0.140. The summed E-state index contributed by atoms with van der Waals surface area (Å²) in [4.78, 5) is 55.0. The number of hydrogen-bond acceptors (Lipinski definition) is 8. The third kappa shape index (κ3) is 12.4. The van der Waals surface area contributed by atoms with Crippen molar-refractivity contribution in [2.45, 2.75) is 52.4 Å². The Hall–Kier alpha value is -3.06. The Kier molecular flexibility index (Phi) is 12.9. The maximum absolute atomic E-state index is 13.4. The Bertz CT molecular complexity index is 1060. The molecule has 0 aromatic heterocycles. The van der Waals surface area contributed by atoms with Crippen LogP contribution in [0.2, 0.25) is 0 Å². The minimum Gasteiger partial charge on any atom is -0.480 e. The molecule has 0 bridgehead atoms. The van der Waals surface area contributed by atoms with E-state index in [-0.39, 0.29) is 42.9 Å². The molecule has 0 saturated carbocycles. The van der Waals surface area contributed by atoms with E-state index in [0.717, 1.165) is 16.8 Å². The van der Waals surface area contributed by atoms with Gasteiger partial charge in [0.15, 0.2) is 0 Å². The molecular formula is C30H49N5O7. The molecule has 0 unspecified atom stereocenters. The molecule has 1 saturated heterocycles. The van der Waals surface area contributed by atoms with Gasteiger partial charge in [-0.15, -0.1) is 0 Å². The lowest BCUT2D eigenvalue weighted by atomic mass is 9.81. The summed E-state index contributed by atoms with van der Waals surface area (Å²) in [5, 5.41) is 31.3. The zero-order valence-corrected chi connectivity index (χ0v) is 26.0. The zero-order chi connectivity index (χ0) is 31.7. The number of rotatable bonds is 9. The first-order valence-electron chi connectivity index (χ1n) is 14.4. The molecule has 1 heterocycles. The van der Waals surface area contributed by atoms with Gasteiger partial charge < -0.3 is 20.6 Å². The summed E-state index contributed by atoms with van der Waals surface area (Å²) in [5.74, 6) is -3.19. The number of carboxylic acid groups (broad SMARTS) is 3. The summed E-state index contributed by atoms with van der Waals surface area (Å²) >= 11 is 0. The topological polar surface area (TPSA) is 154 Å². The van der Waals surface area contributed by atoms with Crippen LogP contribution in [0.3, 0.4) is 0 Å². The maximum atomic E-state index is 13.4. The summed E-state index contributed by atoms with van der Waals surface area (Å²) in [5.41, 5.74) is 2.57. The van der Waals surface area contributed by atoms with Gasteiger partial charge in [-0.25, -0.2) is 0 Å². The molecule has 1 aromatic carbocycles. The van der Waals surface area contributed by atoms with Crippen LogP contribution in [0.1, 0.15) is 52.7 Å². The van der Waals surface area contributed by atoms with Gasteiger partial charge >= 0.3 is 17.9 Å². The third-order valence-electron chi connectivity index (χ3n) is 7.34. The second-order valence-corrected chi connectivity index (χ2v) is 13.1. The fourth-order valence-electron chi connectivity index (χ4n) is 4.95. The second kappa shape index (κ2) is 15.4. The van der Waals surface area contributed by atoms with Gasteiger partial charge in [-0.3, -0.25) is 38.8 Å². The number of hydrogen-bond donors (Lipinski definition) is 4. The smallest absolute Gasteiger partial charge is 0.317 e. The van der Waals surface area contributed by atoms with E-state index in [2.05, 4.69) is 59.0 Å². The molecule has 0 atom stereocenters. The van der Waals surface area contributed by atoms with Crippen molar-refractivity contribution < 1.29 is 34.5 Å². The molecule has 0 aliphatic carbocycles. The van der Waals surface area contributed by atoms with E-state index in [9.17, 15) is 34.5 Å². The van der Waals surface area contributed by atoms with Crippen LogP contribution in [0.15, 0.2) is 18.2 Å². The van der Waals surface area contributed by atoms with Crippen molar-refractivity contribution in [2.75, 3.05) is 83.9 Å². The molecule has 4 N–H and O–H groups in total. The van der Waals surface area contributed by atoms with Gasteiger partial charge in [0.05, 0.1) is 26.2 Å². The highest BCUT2D eigenvalue weighted by Gasteiger charge is 2.24. The zero-order valence-electron chi connectivity index (χ0n) is 26.0. The highest BCUT2D eigenvalue weighted by atomic mass is 16.4. The van der Waals surface area contributed by atoms with Crippen LogP contribution >= 0.6 is 0 Å². The fourth-order valence-corrected chi connectivity index (χ4v) is 4.95. The van der Waals surface area contributed by atoms with E-state index in [1.54, 1.807) is 14.7 Å². The minimum absolute atomic E-state index is 0.0519.